The molecular weight excluding hydrogens is 733 g/mol. The van der Waals surface area contributed by atoms with E-state index in [0.717, 1.165) is 72.6 Å². The lowest BCUT2D eigenvalue weighted by atomic mass is 9.89. The van der Waals surface area contributed by atoms with Gasteiger partial charge in [0.15, 0.2) is 0 Å². The summed E-state index contributed by atoms with van der Waals surface area (Å²) in [6, 6.07) is 65.7. The molecule has 2 atom stereocenters. The molecule has 13 rings (SSSR count). The van der Waals surface area contributed by atoms with Gasteiger partial charge >= 0.3 is 0 Å². The van der Waals surface area contributed by atoms with Crippen molar-refractivity contribution in [2.45, 2.75) is 12.0 Å². The largest absolute Gasteiger partial charge is 0.485 e. The molecule has 2 aliphatic rings. The molecule has 3 heterocycles. The third-order valence-corrected chi connectivity index (χ3v) is 12.7. The zero-order valence-electron chi connectivity index (χ0n) is 32.5. The zero-order valence-corrected chi connectivity index (χ0v) is 32.5. The van der Waals surface area contributed by atoms with Crippen molar-refractivity contribution in [3.63, 3.8) is 0 Å². The first-order valence-electron chi connectivity index (χ1n) is 20.7. The van der Waals surface area contributed by atoms with Gasteiger partial charge in [-0.2, -0.15) is 0 Å². The predicted octanol–water partition coefficient (Wildman–Crippen LogP) is 15.1. The SMILES string of the molecule is C1=CC2Oc3cc(-c4c5c(cc6c4c4ccccc4n6-c4ccc(N(c6ccccc6)c6cc7ccccc7c7ccccc67)cc4)oc4ccccc45)ccc3C2C=C1. The van der Waals surface area contributed by atoms with E-state index in [9.17, 15) is 0 Å². The maximum atomic E-state index is 6.72. The second-order valence-electron chi connectivity index (χ2n) is 16.0. The maximum absolute atomic E-state index is 6.72. The standard InChI is InChI=1S/C56H36N2O2/c1-2-15-37(16-3-1)57(48-32-35-14-4-5-17-40(35)41-18-6-7-19-42(41)48)38-27-29-39(30-28-38)58-47-23-11-8-21-45(47)55-49(58)34-53-56(46-22-10-13-25-51(46)60-53)54(55)36-26-31-44-43-20-9-12-24-50(43)59-52(44)33-36/h1-34,43,50H. The third kappa shape index (κ3) is 4.85. The number of anilines is 3. The van der Waals surface area contributed by atoms with Crippen LogP contribution in [-0.4, -0.2) is 10.7 Å². The molecule has 0 radical (unpaired) electrons. The van der Waals surface area contributed by atoms with Crippen LogP contribution in [0.3, 0.4) is 0 Å². The highest BCUT2D eigenvalue weighted by molar-refractivity contribution is 6.27. The van der Waals surface area contributed by atoms with Gasteiger partial charge in [0.1, 0.15) is 23.0 Å². The summed E-state index contributed by atoms with van der Waals surface area (Å²) < 4.78 is 15.7. The Morgan fingerprint density at radius 1 is 0.483 bits per heavy atom. The van der Waals surface area contributed by atoms with Gasteiger partial charge in [-0.1, -0.05) is 133 Å². The van der Waals surface area contributed by atoms with Crippen LogP contribution in [0, 0.1) is 0 Å². The molecule has 4 heteroatoms. The molecule has 4 nitrogen and oxygen atoms in total. The van der Waals surface area contributed by atoms with Crippen LogP contribution < -0.4 is 9.64 Å². The first-order valence-corrected chi connectivity index (χ1v) is 20.7. The van der Waals surface area contributed by atoms with Crippen LogP contribution in [0.15, 0.2) is 211 Å². The first-order chi connectivity index (χ1) is 29.8. The van der Waals surface area contributed by atoms with Crippen LogP contribution in [-0.2, 0) is 0 Å². The van der Waals surface area contributed by atoms with Gasteiger partial charge in [0, 0.05) is 67.1 Å². The molecule has 0 N–H and O–H groups in total. The average Bonchev–Trinajstić information content (AvgIpc) is 3.98. The Labute approximate surface area is 346 Å². The minimum Gasteiger partial charge on any atom is -0.485 e. The number of rotatable bonds is 5. The molecule has 1 aliphatic carbocycles. The van der Waals surface area contributed by atoms with Gasteiger partial charge < -0.3 is 18.6 Å². The number of benzene rings is 9. The quantitative estimate of drug-likeness (QED) is 0.163. The summed E-state index contributed by atoms with van der Waals surface area (Å²) in [5, 5.41) is 9.51. The number of hydrogen-bond donors (Lipinski definition) is 0. The van der Waals surface area contributed by atoms with E-state index in [-0.39, 0.29) is 12.0 Å². The number of nitrogens with zero attached hydrogens (tertiary/aromatic N) is 2. The lowest BCUT2D eigenvalue weighted by molar-refractivity contribution is 0.269. The Kier molecular flexibility index (Phi) is 7.10. The van der Waals surface area contributed by atoms with Crippen molar-refractivity contribution in [3.8, 4) is 22.6 Å². The van der Waals surface area contributed by atoms with E-state index in [4.69, 9.17) is 9.15 Å². The Balaban J connectivity index is 1.04. The van der Waals surface area contributed by atoms with Crippen molar-refractivity contribution >= 4 is 82.4 Å². The van der Waals surface area contributed by atoms with Crippen molar-refractivity contribution in [2.75, 3.05) is 4.90 Å². The first kappa shape index (κ1) is 33.2. The van der Waals surface area contributed by atoms with E-state index in [1.54, 1.807) is 0 Å². The molecule has 2 unspecified atom stereocenters. The summed E-state index contributed by atoms with van der Waals surface area (Å²) in [7, 11) is 0. The van der Waals surface area contributed by atoms with E-state index in [1.807, 2.05) is 6.07 Å². The zero-order chi connectivity index (χ0) is 39.3. The molecule has 1 aliphatic heterocycles. The minimum absolute atomic E-state index is 0.0217. The van der Waals surface area contributed by atoms with E-state index < -0.39 is 0 Å². The fourth-order valence-electron chi connectivity index (χ4n) is 10.1. The molecule has 2 aromatic heterocycles. The molecule has 11 aromatic rings. The second kappa shape index (κ2) is 12.8. The summed E-state index contributed by atoms with van der Waals surface area (Å²) in [5.41, 5.74) is 11.9. The van der Waals surface area contributed by atoms with Gasteiger partial charge in [-0.15, -0.1) is 0 Å². The number of fused-ring (bicyclic) bond motifs is 12. The molecule has 0 spiro atoms. The van der Waals surface area contributed by atoms with E-state index >= 15 is 0 Å². The van der Waals surface area contributed by atoms with Gasteiger partial charge in [-0.25, -0.2) is 0 Å². The topological polar surface area (TPSA) is 30.5 Å². The monoisotopic (exact) mass is 768 g/mol. The average molecular weight is 769 g/mol. The van der Waals surface area contributed by atoms with Gasteiger partial charge in [-0.05, 0) is 88.5 Å². The predicted molar refractivity (Wildman–Crippen MR) is 249 cm³/mol. The number of ether oxygens (including phenoxy) is 1. The molecule has 0 fully saturated rings. The Hall–Kier alpha value is -7.82. The van der Waals surface area contributed by atoms with Crippen LogP contribution in [0.1, 0.15) is 11.5 Å². The number of aromatic nitrogens is 1. The molecule has 9 aromatic carbocycles. The number of allylic oxidation sites excluding steroid dienone is 2. The van der Waals surface area contributed by atoms with Crippen LogP contribution in [0.2, 0.25) is 0 Å². The van der Waals surface area contributed by atoms with Gasteiger partial charge in [-0.3, -0.25) is 0 Å². The summed E-state index contributed by atoms with van der Waals surface area (Å²) in [6.07, 6.45) is 8.65. The number of hydrogen-bond acceptors (Lipinski definition) is 3. The fourth-order valence-corrected chi connectivity index (χ4v) is 10.1. The van der Waals surface area contributed by atoms with E-state index in [2.05, 4.69) is 210 Å². The molecule has 0 amide bonds. The second-order valence-corrected chi connectivity index (χ2v) is 16.0. The van der Waals surface area contributed by atoms with Crippen molar-refractivity contribution in [1.82, 2.24) is 4.57 Å². The lowest BCUT2D eigenvalue weighted by Crippen LogP contribution is -2.15. The van der Waals surface area contributed by atoms with Crippen LogP contribution in [0.5, 0.6) is 5.75 Å². The normalized spacial score (nSPS) is 15.7. The Morgan fingerprint density at radius 3 is 2.05 bits per heavy atom. The smallest absolute Gasteiger partial charge is 0.138 e. The van der Waals surface area contributed by atoms with Gasteiger partial charge in [0.25, 0.3) is 0 Å². The fraction of sp³-hybridized carbons (Fsp3) is 0.0357. The van der Waals surface area contributed by atoms with E-state index in [1.165, 1.54) is 37.9 Å². The third-order valence-electron chi connectivity index (χ3n) is 12.7. The molecule has 0 saturated carbocycles. The minimum atomic E-state index is 0.0217. The Morgan fingerprint density at radius 2 is 1.18 bits per heavy atom. The van der Waals surface area contributed by atoms with Crippen molar-refractivity contribution < 1.29 is 9.15 Å². The van der Waals surface area contributed by atoms with Crippen molar-refractivity contribution in [1.29, 1.82) is 0 Å². The van der Waals surface area contributed by atoms with E-state index in [0.29, 0.717) is 0 Å². The van der Waals surface area contributed by atoms with Gasteiger partial charge in [0.2, 0.25) is 0 Å². The highest BCUT2D eigenvalue weighted by atomic mass is 16.5. The summed E-state index contributed by atoms with van der Waals surface area (Å²) in [4.78, 5) is 2.39. The highest BCUT2D eigenvalue weighted by Crippen LogP contribution is 2.50. The van der Waals surface area contributed by atoms with Crippen molar-refractivity contribution in [2.24, 2.45) is 0 Å². The molecule has 60 heavy (non-hydrogen) atoms. The number of para-hydroxylation sites is 3. The molecule has 0 bridgehead atoms. The summed E-state index contributed by atoms with van der Waals surface area (Å²) in [6.45, 7) is 0. The summed E-state index contributed by atoms with van der Waals surface area (Å²) in [5.74, 6) is 1.17. The van der Waals surface area contributed by atoms with Crippen molar-refractivity contribution in [3.05, 3.63) is 212 Å². The summed E-state index contributed by atoms with van der Waals surface area (Å²) >= 11 is 0. The maximum Gasteiger partial charge on any atom is 0.138 e. The number of furan rings is 1. The molecule has 0 saturated heterocycles. The molecule has 282 valence electrons. The highest BCUT2D eigenvalue weighted by Gasteiger charge is 2.33. The van der Waals surface area contributed by atoms with Crippen LogP contribution >= 0.6 is 0 Å². The van der Waals surface area contributed by atoms with Gasteiger partial charge in [0.05, 0.1) is 16.7 Å². The van der Waals surface area contributed by atoms with Crippen LogP contribution in [0.25, 0.3) is 82.1 Å². The van der Waals surface area contributed by atoms with Crippen LogP contribution in [0.4, 0.5) is 17.1 Å². The lowest BCUT2D eigenvalue weighted by Gasteiger charge is -2.27. The Bertz CT molecular complexity index is 3590. The molecular formula is C56H36N2O2.